The van der Waals surface area contributed by atoms with Crippen LogP contribution in [0.15, 0.2) is 48.6 Å². The molecule has 0 spiro atoms. The highest BCUT2D eigenvalue weighted by Gasteiger charge is 2.34. The van der Waals surface area contributed by atoms with E-state index in [9.17, 15) is 0 Å². The van der Waals surface area contributed by atoms with Gasteiger partial charge >= 0.3 is 0 Å². The Hall–Kier alpha value is -2.68. The van der Waals surface area contributed by atoms with E-state index in [2.05, 4.69) is 63.4 Å². The molecule has 2 heterocycles. The second-order valence-corrected chi connectivity index (χ2v) is 8.18. The minimum atomic E-state index is -0.0615. The number of hydrogen-bond acceptors (Lipinski definition) is 3. The molecule has 2 aliphatic heterocycles. The molecule has 146 valence electrons. The Morgan fingerprint density at radius 2 is 1.96 bits per heavy atom. The number of nitrogens with one attached hydrogen (secondary N) is 1. The minimum absolute atomic E-state index is 0.0151. The SMILES string of the molecule is CC/C=C\CC1Oc2cccc(OC)c2-c2ccc3c(c21)C(C)=CC(C)(C)N3. The van der Waals surface area contributed by atoms with Gasteiger partial charge in [-0.05, 0) is 56.5 Å². The summed E-state index contributed by atoms with van der Waals surface area (Å²) in [5.74, 6) is 1.75. The first-order valence-corrected chi connectivity index (χ1v) is 10.1. The van der Waals surface area contributed by atoms with E-state index in [4.69, 9.17) is 9.47 Å². The van der Waals surface area contributed by atoms with Gasteiger partial charge in [0.2, 0.25) is 0 Å². The van der Waals surface area contributed by atoms with Gasteiger partial charge in [-0.2, -0.15) is 0 Å². The van der Waals surface area contributed by atoms with Gasteiger partial charge in [-0.15, -0.1) is 0 Å². The molecule has 4 rings (SSSR count). The predicted molar refractivity (Wildman–Crippen MR) is 117 cm³/mol. The number of rotatable bonds is 4. The van der Waals surface area contributed by atoms with E-state index in [1.165, 1.54) is 28.0 Å². The van der Waals surface area contributed by atoms with Gasteiger partial charge in [-0.1, -0.05) is 37.3 Å². The van der Waals surface area contributed by atoms with Crippen LogP contribution in [0.4, 0.5) is 5.69 Å². The van der Waals surface area contributed by atoms with Crippen LogP contribution in [0.3, 0.4) is 0 Å². The number of hydrogen-bond donors (Lipinski definition) is 1. The summed E-state index contributed by atoms with van der Waals surface area (Å²) in [5.41, 5.74) is 7.19. The largest absolute Gasteiger partial charge is 0.496 e. The molecule has 2 aliphatic rings. The molecular formula is C25H29NO2. The molecule has 3 heteroatoms. The Balaban J connectivity index is 1.96. The molecule has 0 fully saturated rings. The maximum atomic E-state index is 6.53. The van der Waals surface area contributed by atoms with Crippen LogP contribution in [0.25, 0.3) is 16.7 Å². The molecule has 1 N–H and O–H groups in total. The summed E-state index contributed by atoms with van der Waals surface area (Å²) in [5, 5.41) is 3.68. The summed E-state index contributed by atoms with van der Waals surface area (Å²) in [7, 11) is 1.72. The lowest BCUT2D eigenvalue weighted by Gasteiger charge is -2.37. The average molecular weight is 376 g/mol. The van der Waals surface area contributed by atoms with Crippen LogP contribution in [-0.2, 0) is 0 Å². The molecule has 2 aromatic rings. The normalized spacial score (nSPS) is 19.0. The number of ether oxygens (including phenoxy) is 2. The van der Waals surface area contributed by atoms with Crippen LogP contribution >= 0.6 is 0 Å². The molecule has 3 nitrogen and oxygen atoms in total. The van der Waals surface area contributed by atoms with Gasteiger partial charge in [0, 0.05) is 23.2 Å². The quantitative estimate of drug-likeness (QED) is 0.599. The first kappa shape index (κ1) is 18.7. The second-order valence-electron chi connectivity index (χ2n) is 8.18. The van der Waals surface area contributed by atoms with Gasteiger partial charge in [0.15, 0.2) is 0 Å². The lowest BCUT2D eigenvalue weighted by molar-refractivity contribution is 0.204. The molecular weight excluding hydrogens is 346 g/mol. The maximum Gasteiger partial charge on any atom is 0.131 e. The summed E-state index contributed by atoms with van der Waals surface area (Å²) in [6.45, 7) is 8.77. The minimum Gasteiger partial charge on any atom is -0.496 e. The number of methoxy groups -OCH3 is 1. The van der Waals surface area contributed by atoms with E-state index in [0.29, 0.717) is 0 Å². The summed E-state index contributed by atoms with van der Waals surface area (Å²) in [4.78, 5) is 0. The van der Waals surface area contributed by atoms with Crippen LogP contribution < -0.4 is 14.8 Å². The van der Waals surface area contributed by atoms with Gasteiger partial charge in [0.1, 0.15) is 17.6 Å². The zero-order chi connectivity index (χ0) is 19.9. The standard InChI is InChI=1S/C25H29NO2/c1-6-7-8-10-21-24-17(23-19(27-5)11-9-12-20(23)28-21)13-14-18-22(24)16(2)15-25(3,4)26-18/h7-9,11-15,21,26H,6,10H2,1-5H3/b8-7-. The van der Waals surface area contributed by atoms with Crippen molar-refractivity contribution in [2.24, 2.45) is 0 Å². The highest BCUT2D eigenvalue weighted by molar-refractivity contribution is 5.91. The molecule has 28 heavy (non-hydrogen) atoms. The Labute approximate surface area is 168 Å². The Morgan fingerprint density at radius 3 is 2.71 bits per heavy atom. The monoisotopic (exact) mass is 375 g/mol. The van der Waals surface area contributed by atoms with Crippen molar-refractivity contribution < 1.29 is 9.47 Å². The van der Waals surface area contributed by atoms with Crippen molar-refractivity contribution in [3.63, 3.8) is 0 Å². The molecule has 0 bridgehead atoms. The third-order valence-electron chi connectivity index (χ3n) is 5.50. The lowest BCUT2D eigenvalue weighted by atomic mass is 9.81. The smallest absolute Gasteiger partial charge is 0.131 e. The van der Waals surface area contributed by atoms with Crippen molar-refractivity contribution in [3.8, 4) is 22.6 Å². The average Bonchev–Trinajstić information content (AvgIpc) is 2.66. The third kappa shape index (κ3) is 3.09. The Morgan fingerprint density at radius 1 is 1.14 bits per heavy atom. The van der Waals surface area contributed by atoms with Crippen LogP contribution in [0.2, 0.25) is 0 Å². The fourth-order valence-electron chi connectivity index (χ4n) is 4.51. The summed E-state index contributed by atoms with van der Waals surface area (Å²) in [6.07, 6.45) is 8.63. The van der Waals surface area contributed by atoms with Gasteiger partial charge in [-0.25, -0.2) is 0 Å². The molecule has 0 radical (unpaired) electrons. The van der Waals surface area contributed by atoms with Crippen molar-refractivity contribution in [2.75, 3.05) is 12.4 Å². The van der Waals surface area contributed by atoms with Crippen molar-refractivity contribution in [1.82, 2.24) is 0 Å². The molecule has 1 atom stereocenters. The number of allylic oxidation sites excluding steroid dienone is 2. The van der Waals surface area contributed by atoms with Gasteiger partial charge in [0.05, 0.1) is 18.2 Å². The first-order valence-electron chi connectivity index (χ1n) is 10.1. The third-order valence-corrected chi connectivity index (χ3v) is 5.50. The van der Waals surface area contributed by atoms with Gasteiger partial charge in [0.25, 0.3) is 0 Å². The summed E-state index contributed by atoms with van der Waals surface area (Å²) >= 11 is 0. The van der Waals surface area contributed by atoms with E-state index in [1.807, 2.05) is 18.2 Å². The van der Waals surface area contributed by atoms with Gasteiger partial charge in [-0.3, -0.25) is 0 Å². The van der Waals surface area contributed by atoms with Crippen molar-refractivity contribution in [3.05, 3.63) is 59.7 Å². The fraction of sp³-hybridized carbons (Fsp3) is 0.360. The van der Waals surface area contributed by atoms with Gasteiger partial charge < -0.3 is 14.8 Å². The van der Waals surface area contributed by atoms with E-state index in [1.54, 1.807) is 7.11 Å². The predicted octanol–water partition coefficient (Wildman–Crippen LogP) is 6.76. The van der Waals surface area contributed by atoms with E-state index >= 15 is 0 Å². The Kier molecular flexibility index (Phi) is 4.70. The molecule has 1 unspecified atom stereocenters. The van der Waals surface area contributed by atoms with Crippen molar-refractivity contribution >= 4 is 11.3 Å². The van der Waals surface area contributed by atoms with Crippen LogP contribution in [0, 0.1) is 0 Å². The van der Waals surface area contributed by atoms with Crippen LogP contribution in [-0.4, -0.2) is 12.6 Å². The van der Waals surface area contributed by atoms with E-state index < -0.39 is 0 Å². The van der Waals surface area contributed by atoms with E-state index in [0.717, 1.165) is 29.9 Å². The molecule has 0 saturated carbocycles. The highest BCUT2D eigenvalue weighted by Crippen LogP contribution is 2.52. The topological polar surface area (TPSA) is 30.5 Å². The highest BCUT2D eigenvalue weighted by atomic mass is 16.5. The number of benzene rings is 2. The molecule has 0 saturated heterocycles. The summed E-state index contributed by atoms with van der Waals surface area (Å²) in [6, 6.07) is 10.5. The zero-order valence-corrected chi connectivity index (χ0v) is 17.4. The fourth-order valence-corrected chi connectivity index (χ4v) is 4.51. The van der Waals surface area contributed by atoms with Crippen LogP contribution in [0.1, 0.15) is 57.8 Å². The second kappa shape index (κ2) is 7.05. The lowest BCUT2D eigenvalue weighted by Crippen LogP contribution is -2.32. The first-order chi connectivity index (χ1) is 13.4. The van der Waals surface area contributed by atoms with E-state index in [-0.39, 0.29) is 11.6 Å². The molecule has 0 aromatic heterocycles. The summed E-state index contributed by atoms with van der Waals surface area (Å²) < 4.78 is 12.2. The number of fused-ring (bicyclic) bond motifs is 5. The molecule has 2 aromatic carbocycles. The maximum absolute atomic E-state index is 6.53. The molecule has 0 aliphatic carbocycles. The molecule has 0 amide bonds. The van der Waals surface area contributed by atoms with Crippen LogP contribution in [0.5, 0.6) is 11.5 Å². The van der Waals surface area contributed by atoms with Crippen molar-refractivity contribution in [1.29, 1.82) is 0 Å². The zero-order valence-electron chi connectivity index (χ0n) is 17.4. The Bertz CT molecular complexity index is 969. The number of anilines is 1. The van der Waals surface area contributed by atoms with Crippen molar-refractivity contribution in [2.45, 2.75) is 52.2 Å².